The second-order valence-electron chi connectivity index (χ2n) is 26.9. The molecule has 0 heterocycles. The largest absolute Gasteiger partial charge is 0.472 e. The van der Waals surface area contributed by atoms with Crippen molar-refractivity contribution in [1.29, 1.82) is 0 Å². The first-order valence-electron chi connectivity index (χ1n) is 41.1. The van der Waals surface area contributed by atoms with Crippen LogP contribution in [0.1, 0.15) is 323 Å². The molecule has 0 fully saturated rings. The van der Waals surface area contributed by atoms with E-state index in [0.717, 1.165) is 186 Å². The Morgan fingerprint density at radius 3 is 0.792 bits per heavy atom. The lowest BCUT2D eigenvalue weighted by atomic mass is 10.0. The van der Waals surface area contributed by atoms with E-state index in [1.807, 2.05) is 12.2 Å². The topological polar surface area (TPSA) is 237 Å². The number of phosphoric acid groups is 2. The van der Waals surface area contributed by atoms with Gasteiger partial charge in [0.15, 0.2) is 12.2 Å². The highest BCUT2D eigenvalue weighted by atomic mass is 31.2. The first-order chi connectivity index (χ1) is 51.7. The van der Waals surface area contributed by atoms with Gasteiger partial charge in [-0.2, -0.15) is 0 Å². The lowest BCUT2D eigenvalue weighted by molar-refractivity contribution is -0.161. The van der Waals surface area contributed by atoms with Gasteiger partial charge in [0.25, 0.3) is 0 Å². The maximum Gasteiger partial charge on any atom is 0.472 e. The van der Waals surface area contributed by atoms with Crippen molar-refractivity contribution in [2.75, 3.05) is 39.6 Å². The molecule has 0 radical (unpaired) electrons. The molecular formula is C87H146O17P2. The number of phosphoric ester groups is 2. The van der Waals surface area contributed by atoms with Gasteiger partial charge in [0.05, 0.1) is 26.4 Å². The second-order valence-corrected chi connectivity index (χ2v) is 29.8. The van der Waals surface area contributed by atoms with Gasteiger partial charge in [-0.1, -0.05) is 308 Å². The van der Waals surface area contributed by atoms with Crippen molar-refractivity contribution in [3.63, 3.8) is 0 Å². The third-order valence-electron chi connectivity index (χ3n) is 16.8. The summed E-state index contributed by atoms with van der Waals surface area (Å²) in [6.45, 7) is 4.47. The third-order valence-corrected chi connectivity index (χ3v) is 18.7. The normalized spacial score (nSPS) is 14.6. The fourth-order valence-corrected chi connectivity index (χ4v) is 12.3. The van der Waals surface area contributed by atoms with Gasteiger partial charge in [0.1, 0.15) is 19.3 Å². The lowest BCUT2D eigenvalue weighted by Crippen LogP contribution is -2.30. The predicted octanol–water partition coefficient (Wildman–Crippen LogP) is 24.2. The fraction of sp³-hybridized carbons (Fsp3) is 0.678. The van der Waals surface area contributed by atoms with Crippen molar-refractivity contribution < 1.29 is 80.2 Å². The zero-order valence-corrected chi connectivity index (χ0v) is 68.1. The molecule has 0 rings (SSSR count). The van der Waals surface area contributed by atoms with Crippen molar-refractivity contribution in [2.45, 2.75) is 341 Å². The van der Waals surface area contributed by atoms with Crippen molar-refractivity contribution in [1.82, 2.24) is 0 Å². The van der Waals surface area contributed by atoms with E-state index in [0.29, 0.717) is 32.1 Å². The minimum absolute atomic E-state index is 0.0756. The van der Waals surface area contributed by atoms with Crippen LogP contribution in [-0.4, -0.2) is 96.7 Å². The fourth-order valence-electron chi connectivity index (χ4n) is 10.7. The molecule has 3 N–H and O–H groups in total. The number of ether oxygens (including phenoxy) is 4. The average Bonchev–Trinajstić information content (AvgIpc) is 0.937. The minimum Gasteiger partial charge on any atom is -0.462 e. The van der Waals surface area contributed by atoms with Crippen molar-refractivity contribution >= 4 is 39.5 Å². The molecule has 5 atom stereocenters. The van der Waals surface area contributed by atoms with Crippen LogP contribution in [0.25, 0.3) is 0 Å². The Morgan fingerprint density at radius 1 is 0.274 bits per heavy atom. The quantitative estimate of drug-likeness (QED) is 0.0169. The first-order valence-corrected chi connectivity index (χ1v) is 44.1. The van der Waals surface area contributed by atoms with Gasteiger partial charge in [0.2, 0.25) is 0 Å². The van der Waals surface area contributed by atoms with E-state index in [1.54, 1.807) is 0 Å². The zero-order valence-electron chi connectivity index (χ0n) is 66.3. The highest BCUT2D eigenvalue weighted by molar-refractivity contribution is 7.47. The Kier molecular flexibility index (Phi) is 74.3. The molecule has 0 aromatic carbocycles. The predicted molar refractivity (Wildman–Crippen MR) is 436 cm³/mol. The van der Waals surface area contributed by atoms with Gasteiger partial charge >= 0.3 is 39.5 Å². The number of carbonyl (C=O) groups excluding carboxylic acids is 4. The number of hydrogen-bond donors (Lipinski definition) is 3. The Bertz CT molecular complexity index is 2580. The summed E-state index contributed by atoms with van der Waals surface area (Å²) in [7, 11) is -9.99. The molecule has 0 aliphatic heterocycles. The Labute approximate surface area is 643 Å². The minimum atomic E-state index is -4.99. The molecule has 606 valence electrons. The van der Waals surface area contributed by atoms with E-state index < -0.39 is 97.5 Å². The van der Waals surface area contributed by atoms with Gasteiger partial charge in [-0.3, -0.25) is 37.3 Å². The number of esters is 4. The van der Waals surface area contributed by atoms with E-state index >= 15 is 0 Å². The molecule has 0 amide bonds. The molecule has 0 aromatic heterocycles. The summed E-state index contributed by atoms with van der Waals surface area (Å²) in [6, 6.07) is 0. The van der Waals surface area contributed by atoms with Gasteiger partial charge in [-0.05, 0) is 135 Å². The zero-order chi connectivity index (χ0) is 77.4. The second kappa shape index (κ2) is 78.1. The number of unbranched alkanes of at least 4 members (excludes halogenated alkanes) is 26. The number of allylic oxidation sites excluding steroid dienone is 24. The number of rotatable bonds is 76. The van der Waals surface area contributed by atoms with Crippen LogP contribution < -0.4 is 0 Å². The Balaban J connectivity index is 5.42. The van der Waals surface area contributed by atoms with Crippen molar-refractivity contribution in [3.05, 3.63) is 146 Å². The Hall–Kier alpha value is -5.06. The van der Waals surface area contributed by atoms with E-state index in [1.165, 1.54) is 51.4 Å². The molecule has 17 nitrogen and oxygen atoms in total. The molecule has 0 saturated heterocycles. The molecule has 5 unspecified atom stereocenters. The van der Waals surface area contributed by atoms with Crippen LogP contribution in [0.3, 0.4) is 0 Å². The van der Waals surface area contributed by atoms with E-state index in [-0.39, 0.29) is 25.7 Å². The summed E-state index contributed by atoms with van der Waals surface area (Å²) in [5.41, 5.74) is 0. The van der Waals surface area contributed by atoms with Gasteiger partial charge in [0, 0.05) is 25.7 Å². The van der Waals surface area contributed by atoms with Crippen LogP contribution in [-0.2, 0) is 65.4 Å². The average molecular weight is 1530 g/mol. The SMILES string of the molecule is CC/C=C\C/C=C\C/C=C\C/C=C\C/C=C\CCCC(=O)OCC(COP(=O)(O)OCC(O)COP(=O)(O)OCC(COC(=O)CCCCCCCC/C=C\C/C=C\C/C=C\C/C=C\CC)OC(=O)CCCCCCCCC/C=C\C/C=C\C/C=C\CC)OC(=O)CCCCCCCCCCCCCCC. The highest BCUT2D eigenvalue weighted by Crippen LogP contribution is 2.45. The summed E-state index contributed by atoms with van der Waals surface area (Å²) in [4.78, 5) is 73.1. The van der Waals surface area contributed by atoms with Crippen LogP contribution >= 0.6 is 15.6 Å². The molecular weight excluding hydrogens is 1380 g/mol. The molecule has 0 aliphatic carbocycles. The number of carbonyl (C=O) groups is 4. The molecule has 0 bridgehead atoms. The Morgan fingerprint density at radius 2 is 0.500 bits per heavy atom. The standard InChI is InChI=1S/C87H146O17P2/c1-5-9-13-17-21-25-29-33-36-39-40-43-45-49-52-56-60-64-68-72-85(90)98-78-83(104-87(92)74-70-66-62-58-54-50-46-42-38-35-31-27-23-19-15-11-7-3)80-102-106(95,96)100-76-81(88)75-99-105(93,94)101-79-82(103-86(91)73-69-65-61-57-53-47-32-28-24-20-16-12-8-4)77-97-84(89)71-67-63-59-55-51-48-44-41-37-34-30-26-22-18-14-10-6-2/h9-11,13-15,21-23,25-27,33-38,40,43-44,48,55,59,81-83,88H,5-8,12,16-20,24,28-32,39,41-42,45-47,49-54,56-58,60-80H2,1-4H3,(H,93,94)(H,95,96)/b13-9-,14-10-,15-11-,25-21-,26-22-,27-23-,36-33-,37-34-,38-35-,43-40-,48-44-,59-55-. The summed E-state index contributed by atoms with van der Waals surface area (Å²) in [5, 5.41) is 10.7. The lowest BCUT2D eigenvalue weighted by Gasteiger charge is -2.21. The molecule has 0 aromatic rings. The first kappa shape index (κ1) is 101. The maximum absolute atomic E-state index is 13.1. The van der Waals surface area contributed by atoms with Crippen LogP contribution in [0, 0.1) is 0 Å². The molecule has 0 aliphatic rings. The van der Waals surface area contributed by atoms with E-state index in [4.69, 9.17) is 37.0 Å². The van der Waals surface area contributed by atoms with Gasteiger partial charge in [-0.15, -0.1) is 0 Å². The van der Waals surface area contributed by atoms with E-state index in [2.05, 4.69) is 161 Å². The maximum atomic E-state index is 13.1. The van der Waals surface area contributed by atoms with Crippen molar-refractivity contribution in [2.24, 2.45) is 0 Å². The van der Waals surface area contributed by atoms with Gasteiger partial charge < -0.3 is 33.8 Å². The third kappa shape index (κ3) is 77.1. The number of aliphatic hydroxyl groups excluding tert-OH is 1. The number of hydrogen-bond acceptors (Lipinski definition) is 15. The molecule has 106 heavy (non-hydrogen) atoms. The van der Waals surface area contributed by atoms with Crippen LogP contribution in [0.4, 0.5) is 0 Å². The number of aliphatic hydroxyl groups is 1. The molecule has 19 heteroatoms. The summed E-state index contributed by atoms with van der Waals surface area (Å²) >= 11 is 0. The highest BCUT2D eigenvalue weighted by Gasteiger charge is 2.30. The van der Waals surface area contributed by atoms with Crippen LogP contribution in [0.2, 0.25) is 0 Å². The monoisotopic (exact) mass is 1530 g/mol. The smallest absolute Gasteiger partial charge is 0.462 e. The summed E-state index contributed by atoms with van der Waals surface area (Å²) in [5.74, 6) is -2.26. The molecule has 0 spiro atoms. The van der Waals surface area contributed by atoms with Crippen LogP contribution in [0.15, 0.2) is 146 Å². The van der Waals surface area contributed by atoms with Gasteiger partial charge in [-0.25, -0.2) is 9.13 Å². The summed E-state index contributed by atoms with van der Waals surface area (Å²) in [6.07, 6.45) is 89.6. The van der Waals surface area contributed by atoms with Crippen LogP contribution in [0.5, 0.6) is 0 Å². The molecule has 0 saturated carbocycles. The van der Waals surface area contributed by atoms with Crippen molar-refractivity contribution in [3.8, 4) is 0 Å². The van der Waals surface area contributed by atoms with E-state index in [9.17, 15) is 43.2 Å². The summed E-state index contributed by atoms with van der Waals surface area (Å²) < 4.78 is 68.6.